The van der Waals surface area contributed by atoms with E-state index in [9.17, 15) is 22.4 Å². The van der Waals surface area contributed by atoms with Crippen molar-refractivity contribution < 1.29 is 27.1 Å². The lowest BCUT2D eigenvalue weighted by Crippen LogP contribution is -2.49. The normalized spacial score (nSPS) is 20.7. The first kappa shape index (κ1) is 22.4. The molecular formula is C22H24FN3O5S. The van der Waals surface area contributed by atoms with Gasteiger partial charge in [-0.25, -0.2) is 17.7 Å². The van der Waals surface area contributed by atoms with Crippen molar-refractivity contribution in [3.8, 4) is 5.75 Å². The third-order valence-electron chi connectivity index (χ3n) is 5.82. The molecule has 0 saturated carbocycles. The zero-order chi connectivity index (χ0) is 22.9. The Morgan fingerprint density at radius 3 is 2.22 bits per heavy atom. The zero-order valence-electron chi connectivity index (χ0n) is 17.5. The molecule has 0 radical (unpaired) electrons. The lowest BCUT2D eigenvalue weighted by Gasteiger charge is -2.32. The van der Waals surface area contributed by atoms with Crippen LogP contribution in [-0.4, -0.2) is 56.8 Å². The summed E-state index contributed by atoms with van der Waals surface area (Å²) in [6, 6.07) is 10.7. The SMILES string of the molecule is COc1ccc(S(=O)(=O)N2CCC(NC3CC(=O)N(c4ccc(F)cc4)C3=O)CC2)cc1. The fraction of sp³-hybridized carbons (Fsp3) is 0.364. The molecule has 4 rings (SSSR count). The smallest absolute Gasteiger partial charge is 0.251 e. The fourth-order valence-corrected chi connectivity index (χ4v) is 5.54. The van der Waals surface area contributed by atoms with Crippen LogP contribution in [0.3, 0.4) is 0 Å². The van der Waals surface area contributed by atoms with Gasteiger partial charge in [-0.3, -0.25) is 9.59 Å². The van der Waals surface area contributed by atoms with Crippen LogP contribution in [0.5, 0.6) is 5.75 Å². The Labute approximate surface area is 186 Å². The van der Waals surface area contributed by atoms with Gasteiger partial charge in [-0.1, -0.05) is 0 Å². The highest BCUT2D eigenvalue weighted by molar-refractivity contribution is 7.89. The summed E-state index contributed by atoms with van der Waals surface area (Å²) in [5.74, 6) is -0.593. The van der Waals surface area contributed by atoms with Crippen molar-refractivity contribution in [3.63, 3.8) is 0 Å². The molecule has 2 aliphatic rings. The summed E-state index contributed by atoms with van der Waals surface area (Å²) in [6.07, 6.45) is 1.05. The third-order valence-corrected chi connectivity index (χ3v) is 7.73. The van der Waals surface area contributed by atoms with Crippen molar-refractivity contribution in [2.45, 2.75) is 36.2 Å². The van der Waals surface area contributed by atoms with E-state index in [1.165, 1.54) is 47.8 Å². The predicted molar refractivity (Wildman–Crippen MR) is 115 cm³/mol. The Balaban J connectivity index is 1.36. The Kier molecular flexibility index (Phi) is 6.27. The lowest BCUT2D eigenvalue weighted by atomic mass is 10.1. The molecule has 0 bridgehead atoms. The average Bonchev–Trinajstić information content (AvgIpc) is 3.07. The van der Waals surface area contributed by atoms with Crippen LogP contribution in [0.1, 0.15) is 19.3 Å². The minimum Gasteiger partial charge on any atom is -0.497 e. The number of carbonyl (C=O) groups is 2. The first-order chi connectivity index (χ1) is 15.3. The second-order valence-electron chi connectivity index (χ2n) is 7.82. The predicted octanol–water partition coefficient (Wildman–Crippen LogP) is 1.91. The maximum absolute atomic E-state index is 13.2. The number of imide groups is 1. The molecule has 2 fully saturated rings. The number of rotatable bonds is 6. The van der Waals surface area contributed by atoms with Gasteiger partial charge in [0.25, 0.3) is 5.91 Å². The van der Waals surface area contributed by atoms with Crippen molar-refractivity contribution in [1.82, 2.24) is 9.62 Å². The van der Waals surface area contributed by atoms with Gasteiger partial charge < -0.3 is 10.1 Å². The molecule has 2 aromatic rings. The highest BCUT2D eigenvalue weighted by Crippen LogP contribution is 2.26. The number of benzene rings is 2. The standard InChI is InChI=1S/C22H24FN3O5S/c1-31-18-6-8-19(9-7-18)32(29,30)25-12-10-16(11-13-25)24-20-14-21(27)26(22(20)28)17-4-2-15(23)3-5-17/h2-9,16,20,24H,10-14H2,1H3. The van der Waals surface area contributed by atoms with Gasteiger partial charge in [-0.05, 0) is 61.4 Å². The van der Waals surface area contributed by atoms with E-state index < -0.39 is 21.9 Å². The summed E-state index contributed by atoms with van der Waals surface area (Å²) in [5.41, 5.74) is 0.339. The summed E-state index contributed by atoms with van der Waals surface area (Å²) in [6.45, 7) is 0.616. The topological polar surface area (TPSA) is 96.0 Å². The Morgan fingerprint density at radius 2 is 1.62 bits per heavy atom. The highest BCUT2D eigenvalue weighted by atomic mass is 32.2. The molecule has 1 N–H and O–H groups in total. The number of ether oxygens (including phenoxy) is 1. The van der Waals surface area contributed by atoms with Gasteiger partial charge in [0.1, 0.15) is 11.6 Å². The van der Waals surface area contributed by atoms with Crippen LogP contribution in [0, 0.1) is 5.82 Å². The van der Waals surface area contributed by atoms with E-state index in [1.807, 2.05) is 0 Å². The quantitative estimate of drug-likeness (QED) is 0.661. The van der Waals surface area contributed by atoms with Crippen LogP contribution in [0.15, 0.2) is 53.4 Å². The maximum atomic E-state index is 13.2. The molecule has 1 atom stereocenters. The fourth-order valence-electron chi connectivity index (χ4n) is 4.07. The van der Waals surface area contributed by atoms with Crippen LogP contribution in [0.2, 0.25) is 0 Å². The maximum Gasteiger partial charge on any atom is 0.251 e. The molecule has 0 aromatic heterocycles. The Hall–Kier alpha value is -2.82. The molecule has 8 nitrogen and oxygen atoms in total. The van der Waals surface area contributed by atoms with E-state index in [-0.39, 0.29) is 29.2 Å². The number of hydrogen-bond donors (Lipinski definition) is 1. The molecule has 170 valence electrons. The van der Waals surface area contributed by atoms with Crippen LogP contribution < -0.4 is 15.0 Å². The molecule has 32 heavy (non-hydrogen) atoms. The van der Waals surface area contributed by atoms with Gasteiger partial charge in [0, 0.05) is 19.1 Å². The Morgan fingerprint density at radius 1 is 1.00 bits per heavy atom. The van der Waals surface area contributed by atoms with Gasteiger partial charge >= 0.3 is 0 Å². The number of nitrogens with zero attached hydrogens (tertiary/aromatic N) is 2. The Bertz CT molecular complexity index is 1100. The summed E-state index contributed by atoms with van der Waals surface area (Å²) in [7, 11) is -2.10. The molecule has 2 saturated heterocycles. The molecule has 2 amide bonds. The number of piperidine rings is 1. The number of hydrogen-bond acceptors (Lipinski definition) is 6. The number of halogens is 1. The average molecular weight is 462 g/mol. The summed E-state index contributed by atoms with van der Waals surface area (Å²) < 4.78 is 45.4. The van der Waals surface area contributed by atoms with Crippen molar-refractivity contribution in [2.24, 2.45) is 0 Å². The highest BCUT2D eigenvalue weighted by Gasteiger charge is 2.41. The number of anilines is 1. The summed E-state index contributed by atoms with van der Waals surface area (Å²) in [4.78, 5) is 26.4. The molecule has 2 aliphatic heterocycles. The van der Waals surface area contributed by atoms with Crippen molar-refractivity contribution >= 4 is 27.5 Å². The monoisotopic (exact) mass is 461 g/mol. The summed E-state index contributed by atoms with van der Waals surface area (Å²) in [5, 5.41) is 3.21. The number of sulfonamides is 1. The minimum atomic E-state index is -3.62. The number of nitrogens with one attached hydrogen (secondary N) is 1. The first-order valence-corrected chi connectivity index (χ1v) is 11.8. The molecule has 2 heterocycles. The summed E-state index contributed by atoms with van der Waals surface area (Å²) >= 11 is 0. The molecule has 0 aliphatic carbocycles. The molecule has 10 heteroatoms. The van der Waals surface area contributed by atoms with E-state index >= 15 is 0 Å². The van der Waals surface area contributed by atoms with Crippen molar-refractivity contribution in [2.75, 3.05) is 25.1 Å². The van der Waals surface area contributed by atoms with E-state index in [4.69, 9.17) is 4.74 Å². The second-order valence-corrected chi connectivity index (χ2v) is 9.76. The first-order valence-electron chi connectivity index (χ1n) is 10.3. The molecule has 0 spiro atoms. The van der Waals surface area contributed by atoms with Crippen LogP contribution in [0.4, 0.5) is 10.1 Å². The lowest BCUT2D eigenvalue weighted by molar-refractivity contribution is -0.121. The van der Waals surface area contributed by atoms with Crippen LogP contribution >= 0.6 is 0 Å². The van der Waals surface area contributed by atoms with Gasteiger partial charge in [-0.15, -0.1) is 0 Å². The van der Waals surface area contributed by atoms with Crippen LogP contribution in [-0.2, 0) is 19.6 Å². The third kappa shape index (κ3) is 4.38. The van der Waals surface area contributed by atoms with Crippen LogP contribution in [0.25, 0.3) is 0 Å². The molecule has 2 aromatic carbocycles. The van der Waals surface area contributed by atoms with E-state index in [0.29, 0.717) is 37.4 Å². The number of carbonyl (C=O) groups excluding carboxylic acids is 2. The van der Waals surface area contributed by atoms with Gasteiger partial charge in [0.05, 0.1) is 30.2 Å². The van der Waals surface area contributed by atoms with Gasteiger partial charge in [0.15, 0.2) is 0 Å². The number of amides is 2. The van der Waals surface area contributed by atoms with Crippen molar-refractivity contribution in [1.29, 1.82) is 0 Å². The largest absolute Gasteiger partial charge is 0.497 e. The second kappa shape index (κ2) is 8.97. The van der Waals surface area contributed by atoms with E-state index in [0.717, 1.165) is 4.90 Å². The number of methoxy groups -OCH3 is 1. The van der Waals surface area contributed by atoms with E-state index in [1.54, 1.807) is 12.1 Å². The molecular weight excluding hydrogens is 437 g/mol. The van der Waals surface area contributed by atoms with E-state index in [2.05, 4.69) is 5.32 Å². The zero-order valence-corrected chi connectivity index (χ0v) is 18.3. The van der Waals surface area contributed by atoms with Gasteiger partial charge in [0.2, 0.25) is 15.9 Å². The van der Waals surface area contributed by atoms with Gasteiger partial charge in [-0.2, -0.15) is 4.31 Å². The minimum absolute atomic E-state index is 0.0145. The molecule has 1 unspecified atom stereocenters. The van der Waals surface area contributed by atoms with Crippen molar-refractivity contribution in [3.05, 3.63) is 54.3 Å².